The number of nitrogens with zero attached hydrogens (tertiary/aromatic N) is 1. The molecular weight excluding hydrogens is 222 g/mol. The van der Waals surface area contributed by atoms with Crippen LogP contribution in [-0.2, 0) is 19.1 Å². The van der Waals surface area contributed by atoms with E-state index >= 15 is 0 Å². The number of ether oxygens (including phenoxy) is 2. The first-order valence-electron chi connectivity index (χ1n) is 5.97. The Hall–Kier alpha value is -1.10. The van der Waals surface area contributed by atoms with Gasteiger partial charge in [0, 0.05) is 26.6 Å². The number of esters is 1. The minimum Gasteiger partial charge on any atom is -0.436 e. The van der Waals surface area contributed by atoms with E-state index in [1.807, 2.05) is 13.8 Å². The highest BCUT2D eigenvalue weighted by molar-refractivity contribution is 5.82. The molecule has 0 saturated carbocycles. The van der Waals surface area contributed by atoms with Crippen LogP contribution in [0.15, 0.2) is 0 Å². The summed E-state index contributed by atoms with van der Waals surface area (Å²) in [5.41, 5.74) is 0. The van der Waals surface area contributed by atoms with E-state index in [-0.39, 0.29) is 12.3 Å². The molecule has 0 aromatic heterocycles. The Labute approximate surface area is 103 Å². The van der Waals surface area contributed by atoms with Crippen LogP contribution in [0.5, 0.6) is 0 Å². The smallest absolute Gasteiger partial charge is 0.311 e. The molecule has 0 saturated heterocycles. The van der Waals surface area contributed by atoms with Crippen LogP contribution in [0, 0.1) is 5.92 Å². The van der Waals surface area contributed by atoms with Gasteiger partial charge in [0.1, 0.15) is 0 Å². The third-order valence-corrected chi connectivity index (χ3v) is 2.61. The van der Waals surface area contributed by atoms with Crippen molar-refractivity contribution < 1.29 is 19.1 Å². The summed E-state index contributed by atoms with van der Waals surface area (Å²) in [7, 11) is 1.46. The minimum atomic E-state index is -0.575. The van der Waals surface area contributed by atoms with Crippen LogP contribution in [0.1, 0.15) is 34.1 Å². The molecule has 5 nitrogen and oxygen atoms in total. The molecule has 0 aliphatic heterocycles. The molecule has 1 amide bonds. The van der Waals surface area contributed by atoms with Gasteiger partial charge in [-0.1, -0.05) is 6.92 Å². The van der Waals surface area contributed by atoms with E-state index in [1.165, 1.54) is 7.11 Å². The first-order chi connectivity index (χ1) is 7.96. The van der Waals surface area contributed by atoms with E-state index in [0.717, 1.165) is 0 Å². The van der Waals surface area contributed by atoms with Crippen molar-refractivity contribution in [1.29, 1.82) is 0 Å². The molecule has 17 heavy (non-hydrogen) atoms. The molecule has 2 atom stereocenters. The summed E-state index contributed by atoms with van der Waals surface area (Å²) in [5, 5.41) is 0. The number of amides is 1. The Morgan fingerprint density at radius 2 is 1.71 bits per heavy atom. The van der Waals surface area contributed by atoms with Crippen molar-refractivity contribution in [2.75, 3.05) is 20.2 Å². The number of methoxy groups -OCH3 is 1. The van der Waals surface area contributed by atoms with Crippen molar-refractivity contribution in [3.05, 3.63) is 0 Å². The molecule has 100 valence electrons. The van der Waals surface area contributed by atoms with Gasteiger partial charge in [-0.25, -0.2) is 0 Å². The monoisotopic (exact) mass is 245 g/mol. The van der Waals surface area contributed by atoms with Gasteiger partial charge in [0.2, 0.25) is 5.91 Å². The van der Waals surface area contributed by atoms with Gasteiger partial charge in [-0.05, 0) is 20.8 Å². The van der Waals surface area contributed by atoms with Crippen molar-refractivity contribution in [3.8, 4) is 0 Å². The first kappa shape index (κ1) is 15.9. The zero-order chi connectivity index (χ0) is 13.4. The molecule has 0 aromatic carbocycles. The Bertz CT molecular complexity index is 251. The van der Waals surface area contributed by atoms with E-state index in [9.17, 15) is 9.59 Å². The van der Waals surface area contributed by atoms with Crippen LogP contribution in [0.2, 0.25) is 0 Å². The van der Waals surface area contributed by atoms with Gasteiger partial charge in [-0.2, -0.15) is 0 Å². The molecule has 0 N–H and O–H groups in total. The Kier molecular flexibility index (Phi) is 7.54. The van der Waals surface area contributed by atoms with Gasteiger partial charge in [0.25, 0.3) is 0 Å². The zero-order valence-corrected chi connectivity index (χ0v) is 11.4. The zero-order valence-electron chi connectivity index (χ0n) is 11.4. The Morgan fingerprint density at radius 1 is 1.18 bits per heavy atom. The second-order valence-corrected chi connectivity index (χ2v) is 3.91. The van der Waals surface area contributed by atoms with Gasteiger partial charge in [-0.15, -0.1) is 0 Å². The number of hydrogen-bond donors (Lipinski definition) is 0. The van der Waals surface area contributed by atoms with Gasteiger partial charge >= 0.3 is 5.97 Å². The average molecular weight is 245 g/mol. The molecule has 0 aliphatic rings. The van der Waals surface area contributed by atoms with Crippen LogP contribution < -0.4 is 0 Å². The molecule has 0 radical (unpaired) electrons. The predicted molar refractivity (Wildman–Crippen MR) is 64.3 cm³/mol. The second-order valence-electron chi connectivity index (χ2n) is 3.91. The molecule has 0 aromatic rings. The van der Waals surface area contributed by atoms with E-state index in [2.05, 4.69) is 0 Å². The van der Waals surface area contributed by atoms with Crippen LogP contribution in [0.25, 0.3) is 0 Å². The Morgan fingerprint density at radius 3 is 2.12 bits per heavy atom. The third-order valence-electron chi connectivity index (χ3n) is 2.61. The average Bonchev–Trinajstić information content (AvgIpc) is 2.30. The first-order valence-corrected chi connectivity index (χ1v) is 5.97. The second kappa shape index (κ2) is 8.06. The predicted octanol–water partition coefficient (Wildman–Crippen LogP) is 1.42. The third kappa shape index (κ3) is 5.68. The normalized spacial score (nSPS) is 13.9. The summed E-state index contributed by atoms with van der Waals surface area (Å²) in [4.78, 5) is 25.0. The minimum absolute atomic E-state index is 0.0236. The lowest BCUT2D eigenvalue weighted by Crippen LogP contribution is -2.33. The lowest BCUT2D eigenvalue weighted by Gasteiger charge is -2.21. The summed E-state index contributed by atoms with van der Waals surface area (Å²) in [6.07, 6.45) is -0.398. The number of rotatable bonds is 7. The van der Waals surface area contributed by atoms with Crippen LogP contribution in [0.3, 0.4) is 0 Å². The lowest BCUT2D eigenvalue weighted by atomic mass is 10.1. The van der Waals surface area contributed by atoms with Crippen molar-refractivity contribution in [1.82, 2.24) is 4.90 Å². The lowest BCUT2D eigenvalue weighted by molar-refractivity contribution is -0.175. The maximum atomic E-state index is 11.8. The molecular formula is C12H23NO4. The molecule has 5 heteroatoms. The highest BCUT2D eigenvalue weighted by Gasteiger charge is 2.22. The molecule has 0 bridgehead atoms. The van der Waals surface area contributed by atoms with Crippen molar-refractivity contribution in [3.63, 3.8) is 0 Å². The van der Waals surface area contributed by atoms with E-state index < -0.39 is 18.2 Å². The maximum absolute atomic E-state index is 11.8. The van der Waals surface area contributed by atoms with Crippen LogP contribution in [0.4, 0.5) is 0 Å². The fraction of sp³-hybridized carbons (Fsp3) is 0.833. The summed E-state index contributed by atoms with van der Waals surface area (Å²) in [6, 6.07) is 0. The van der Waals surface area contributed by atoms with Crippen molar-refractivity contribution >= 4 is 11.9 Å². The molecule has 0 heterocycles. The van der Waals surface area contributed by atoms with Crippen molar-refractivity contribution in [2.45, 2.75) is 40.4 Å². The largest absolute Gasteiger partial charge is 0.436 e. The fourth-order valence-electron chi connectivity index (χ4n) is 1.38. The van der Waals surface area contributed by atoms with Gasteiger partial charge in [0.15, 0.2) is 6.29 Å². The Balaban J connectivity index is 4.19. The highest BCUT2D eigenvalue weighted by Crippen LogP contribution is 2.09. The number of carbonyl (C=O) groups excluding carboxylic acids is 2. The molecule has 0 spiro atoms. The molecule has 0 fully saturated rings. The summed E-state index contributed by atoms with van der Waals surface area (Å²) >= 11 is 0. The van der Waals surface area contributed by atoms with Gasteiger partial charge in [-0.3, -0.25) is 9.59 Å². The van der Waals surface area contributed by atoms with Crippen molar-refractivity contribution in [2.24, 2.45) is 5.92 Å². The topological polar surface area (TPSA) is 55.8 Å². The summed E-state index contributed by atoms with van der Waals surface area (Å²) in [6.45, 7) is 8.47. The summed E-state index contributed by atoms with van der Waals surface area (Å²) in [5.74, 6) is -0.870. The van der Waals surface area contributed by atoms with Crippen LogP contribution in [-0.4, -0.2) is 43.3 Å². The van der Waals surface area contributed by atoms with E-state index in [0.29, 0.717) is 13.1 Å². The molecule has 0 aliphatic carbocycles. The number of hydrogen-bond acceptors (Lipinski definition) is 4. The fourth-order valence-corrected chi connectivity index (χ4v) is 1.38. The van der Waals surface area contributed by atoms with E-state index in [4.69, 9.17) is 9.47 Å². The molecule has 2 unspecified atom stereocenters. The maximum Gasteiger partial charge on any atom is 0.311 e. The summed E-state index contributed by atoms with van der Waals surface area (Å²) < 4.78 is 9.80. The number of carbonyl (C=O) groups is 2. The van der Waals surface area contributed by atoms with E-state index in [1.54, 1.807) is 18.7 Å². The van der Waals surface area contributed by atoms with Gasteiger partial charge in [0.05, 0.1) is 5.92 Å². The standard InChI is InChI=1S/C12H23NO4/c1-6-13(7-2)11(14)8-9(3)12(15)17-10(4)16-5/h9-10H,6-8H2,1-5H3. The van der Waals surface area contributed by atoms with Crippen LogP contribution >= 0.6 is 0 Å². The molecule has 0 rings (SSSR count). The highest BCUT2D eigenvalue weighted by atomic mass is 16.7. The SMILES string of the molecule is CCN(CC)C(=O)CC(C)C(=O)OC(C)OC. The quantitative estimate of drug-likeness (QED) is 0.503. The van der Waals surface area contributed by atoms with Gasteiger partial charge < -0.3 is 14.4 Å².